The number of aryl methyl sites for hydroxylation is 1. The van der Waals surface area contributed by atoms with Gasteiger partial charge in [-0.25, -0.2) is 0 Å². The van der Waals surface area contributed by atoms with E-state index in [0.29, 0.717) is 23.0 Å². The van der Waals surface area contributed by atoms with Gasteiger partial charge in [0.2, 0.25) is 0 Å². The van der Waals surface area contributed by atoms with Crippen molar-refractivity contribution in [3.8, 4) is 0 Å². The van der Waals surface area contributed by atoms with E-state index in [1.165, 1.54) is 10.4 Å². The Kier molecular flexibility index (Phi) is 5.10. The summed E-state index contributed by atoms with van der Waals surface area (Å²) in [6.45, 7) is 0.696. The molecule has 0 bridgehead atoms. The van der Waals surface area contributed by atoms with Gasteiger partial charge < -0.3 is 9.47 Å². The third-order valence-corrected chi connectivity index (χ3v) is 7.55. The van der Waals surface area contributed by atoms with Crippen molar-refractivity contribution in [2.24, 2.45) is 7.05 Å². The van der Waals surface area contributed by atoms with Gasteiger partial charge >= 0.3 is 0 Å². The van der Waals surface area contributed by atoms with Gasteiger partial charge in [-0.3, -0.25) is 4.79 Å². The summed E-state index contributed by atoms with van der Waals surface area (Å²) in [5.41, 5.74) is 4.15. The van der Waals surface area contributed by atoms with E-state index in [-0.39, 0.29) is 11.9 Å². The quantitative estimate of drug-likeness (QED) is 0.345. The van der Waals surface area contributed by atoms with Crippen LogP contribution in [0, 0.1) is 0 Å². The number of hydrogen-bond donors (Lipinski definition) is 0. The molecule has 3 heterocycles. The van der Waals surface area contributed by atoms with Crippen molar-refractivity contribution in [2.45, 2.75) is 18.9 Å². The molecule has 0 spiro atoms. The maximum Gasteiger partial charge on any atom is 0.256 e. The third-order valence-electron chi connectivity index (χ3n) is 5.90. The van der Waals surface area contributed by atoms with E-state index in [9.17, 15) is 4.79 Å². The molecule has 0 aliphatic carbocycles. The fraction of sp³-hybridized carbons (Fsp3) is 0.208. The van der Waals surface area contributed by atoms with Gasteiger partial charge in [0.1, 0.15) is 0 Å². The highest BCUT2D eigenvalue weighted by atomic mass is 35.5. The summed E-state index contributed by atoms with van der Waals surface area (Å²) in [5.74, 6) is 0.0703. The number of benzene rings is 2. The van der Waals surface area contributed by atoms with Crippen LogP contribution in [0.3, 0.4) is 0 Å². The fourth-order valence-corrected chi connectivity index (χ4v) is 5.95. The molecule has 1 aliphatic rings. The first-order valence-corrected chi connectivity index (χ1v) is 11.5. The number of fused-ring (bicyclic) bond motifs is 2. The van der Waals surface area contributed by atoms with Crippen molar-refractivity contribution in [3.05, 3.63) is 91.7 Å². The molecule has 4 aromatic rings. The lowest BCUT2D eigenvalue weighted by Gasteiger charge is -2.36. The van der Waals surface area contributed by atoms with Gasteiger partial charge in [0, 0.05) is 45.6 Å². The van der Waals surface area contributed by atoms with Crippen LogP contribution < -0.4 is 0 Å². The zero-order valence-electron chi connectivity index (χ0n) is 16.4. The summed E-state index contributed by atoms with van der Waals surface area (Å²) in [6, 6.07) is 15.8. The molecule has 1 unspecified atom stereocenters. The number of rotatable bonds is 3. The molecular formula is C24H20Cl2N2OS. The van der Waals surface area contributed by atoms with E-state index >= 15 is 0 Å². The molecule has 0 saturated heterocycles. The lowest BCUT2D eigenvalue weighted by molar-refractivity contribution is 0.0666. The summed E-state index contributed by atoms with van der Waals surface area (Å²) in [6.07, 6.45) is 3.49. The molecular weight excluding hydrogens is 435 g/mol. The van der Waals surface area contributed by atoms with Crippen LogP contribution in [-0.4, -0.2) is 21.9 Å². The Morgan fingerprint density at radius 1 is 1.17 bits per heavy atom. The summed E-state index contributed by atoms with van der Waals surface area (Å²) in [4.78, 5) is 17.0. The zero-order chi connectivity index (χ0) is 20.8. The third kappa shape index (κ3) is 3.33. The maximum absolute atomic E-state index is 13.8. The van der Waals surface area contributed by atoms with E-state index in [1.807, 2.05) is 59.1 Å². The number of amides is 1. The summed E-state index contributed by atoms with van der Waals surface area (Å²) in [7, 11) is 1.98. The van der Waals surface area contributed by atoms with Crippen LogP contribution in [0.25, 0.3) is 10.9 Å². The van der Waals surface area contributed by atoms with Crippen LogP contribution in [-0.2, 0) is 19.9 Å². The number of thiophene rings is 1. The van der Waals surface area contributed by atoms with Crippen molar-refractivity contribution < 1.29 is 4.79 Å². The molecule has 1 amide bonds. The van der Waals surface area contributed by atoms with E-state index in [2.05, 4.69) is 11.4 Å². The maximum atomic E-state index is 13.8. The van der Waals surface area contributed by atoms with E-state index in [1.54, 1.807) is 17.4 Å². The first-order chi connectivity index (χ1) is 14.5. The second kappa shape index (κ2) is 7.77. The summed E-state index contributed by atoms with van der Waals surface area (Å²) < 4.78 is 2.02. The Morgan fingerprint density at radius 3 is 2.83 bits per heavy atom. The number of carbonyl (C=O) groups is 1. The number of nitrogens with zero attached hydrogens (tertiary/aromatic N) is 2. The topological polar surface area (TPSA) is 25.2 Å². The van der Waals surface area contributed by atoms with Crippen LogP contribution >= 0.6 is 34.5 Å². The smallest absolute Gasteiger partial charge is 0.256 e. The van der Waals surface area contributed by atoms with Gasteiger partial charge in [0.25, 0.3) is 5.91 Å². The lowest BCUT2D eigenvalue weighted by atomic mass is 9.94. The second-order valence-corrected chi connectivity index (χ2v) is 9.48. The molecule has 0 radical (unpaired) electrons. The summed E-state index contributed by atoms with van der Waals surface area (Å²) in [5, 5.41) is 4.37. The Bertz CT molecular complexity index is 1260. The molecule has 0 N–H and O–H groups in total. The minimum Gasteiger partial charge on any atom is -0.350 e. The Hall–Kier alpha value is -2.27. The molecule has 152 valence electrons. The fourth-order valence-electron chi connectivity index (χ4n) is 4.39. The van der Waals surface area contributed by atoms with Crippen LogP contribution in [0.4, 0.5) is 0 Å². The number of hydrogen-bond acceptors (Lipinski definition) is 2. The van der Waals surface area contributed by atoms with Gasteiger partial charge in [-0.15, -0.1) is 11.3 Å². The van der Waals surface area contributed by atoms with E-state index in [0.717, 1.165) is 28.5 Å². The molecule has 3 nitrogen and oxygen atoms in total. The molecule has 6 heteroatoms. The Labute approximate surface area is 189 Å². The van der Waals surface area contributed by atoms with Gasteiger partial charge in [0.15, 0.2) is 0 Å². The first kappa shape index (κ1) is 19.7. The molecule has 1 aliphatic heterocycles. The van der Waals surface area contributed by atoms with Crippen molar-refractivity contribution >= 4 is 51.3 Å². The highest BCUT2D eigenvalue weighted by Gasteiger charge is 2.34. The van der Waals surface area contributed by atoms with Crippen LogP contribution in [0.15, 0.2) is 60.1 Å². The predicted molar refractivity (Wildman–Crippen MR) is 125 cm³/mol. The molecule has 5 rings (SSSR count). The van der Waals surface area contributed by atoms with Crippen molar-refractivity contribution in [1.29, 1.82) is 0 Å². The average Bonchev–Trinajstić information content (AvgIpc) is 3.35. The normalized spacial score (nSPS) is 16.1. The first-order valence-electron chi connectivity index (χ1n) is 9.88. The zero-order valence-corrected chi connectivity index (χ0v) is 18.8. The molecule has 30 heavy (non-hydrogen) atoms. The van der Waals surface area contributed by atoms with Crippen molar-refractivity contribution in [2.75, 3.05) is 6.54 Å². The van der Waals surface area contributed by atoms with E-state index in [4.69, 9.17) is 23.2 Å². The largest absolute Gasteiger partial charge is 0.350 e. The number of para-hydroxylation sites is 1. The predicted octanol–water partition coefficient (Wildman–Crippen LogP) is 6.53. The van der Waals surface area contributed by atoms with E-state index < -0.39 is 0 Å². The standard InChI is InChI=1S/C24H20Cl2N2OS/c1-27-14-19(18-4-2-3-5-21(18)27)24(29)28-10-8-15-9-11-30-23(15)22(28)12-16-6-7-17(25)13-20(16)26/h2-7,9,11,13-14,22H,8,10,12H2,1H3. The molecule has 2 aromatic carbocycles. The second-order valence-electron chi connectivity index (χ2n) is 7.69. The number of halogens is 2. The van der Waals surface area contributed by atoms with Gasteiger partial charge in [-0.1, -0.05) is 47.5 Å². The molecule has 2 aromatic heterocycles. The Morgan fingerprint density at radius 2 is 2.00 bits per heavy atom. The van der Waals surface area contributed by atoms with Crippen LogP contribution in [0.5, 0.6) is 0 Å². The molecule has 0 saturated carbocycles. The molecule has 1 atom stereocenters. The van der Waals surface area contributed by atoms with Gasteiger partial charge in [0.05, 0.1) is 11.6 Å². The minimum absolute atomic E-state index is 0.0427. The SMILES string of the molecule is Cn1cc(C(=O)N2CCc3ccsc3C2Cc2ccc(Cl)cc2Cl)c2ccccc21. The number of carbonyl (C=O) groups excluding carboxylic acids is 1. The van der Waals surface area contributed by atoms with Crippen LogP contribution in [0.2, 0.25) is 10.0 Å². The highest BCUT2D eigenvalue weighted by molar-refractivity contribution is 7.10. The lowest BCUT2D eigenvalue weighted by Crippen LogP contribution is -2.40. The highest BCUT2D eigenvalue weighted by Crippen LogP contribution is 2.39. The van der Waals surface area contributed by atoms with Gasteiger partial charge in [-0.2, -0.15) is 0 Å². The minimum atomic E-state index is -0.0427. The average molecular weight is 455 g/mol. The Balaban J connectivity index is 1.56. The molecule has 0 fully saturated rings. The monoisotopic (exact) mass is 454 g/mol. The number of aromatic nitrogens is 1. The summed E-state index contributed by atoms with van der Waals surface area (Å²) >= 11 is 14.3. The van der Waals surface area contributed by atoms with Crippen LogP contribution in [0.1, 0.15) is 32.4 Å². The van der Waals surface area contributed by atoms with Crippen molar-refractivity contribution in [3.63, 3.8) is 0 Å². The van der Waals surface area contributed by atoms with Gasteiger partial charge in [-0.05, 0) is 53.6 Å². The van der Waals surface area contributed by atoms with Crippen molar-refractivity contribution in [1.82, 2.24) is 9.47 Å².